The van der Waals surface area contributed by atoms with Crippen LogP contribution in [-0.2, 0) is 9.53 Å². The molecule has 1 saturated carbocycles. The van der Waals surface area contributed by atoms with Crippen molar-refractivity contribution in [2.75, 3.05) is 32.8 Å². The number of morpholine rings is 1. The van der Waals surface area contributed by atoms with Crippen LogP contribution in [0.4, 0.5) is 0 Å². The maximum absolute atomic E-state index is 12.9. The third-order valence-electron chi connectivity index (χ3n) is 6.74. The summed E-state index contributed by atoms with van der Waals surface area (Å²) in [5.74, 6) is 0.214. The molecular formula is C19H35N5O2. The minimum atomic E-state index is -0.00262. The van der Waals surface area contributed by atoms with E-state index in [1.807, 2.05) is 0 Å². The van der Waals surface area contributed by atoms with Gasteiger partial charge in [-0.25, -0.2) is 5.01 Å². The van der Waals surface area contributed by atoms with Gasteiger partial charge in [0.15, 0.2) is 0 Å². The predicted molar refractivity (Wildman–Crippen MR) is 100 cm³/mol. The molecule has 7 nitrogen and oxygen atoms in total. The van der Waals surface area contributed by atoms with Crippen LogP contribution >= 0.6 is 0 Å². The smallest absolute Gasteiger partial charge is 0.227 e. The number of carbonyl (C=O) groups excluding carboxylic acids is 1. The van der Waals surface area contributed by atoms with E-state index in [1.54, 1.807) is 0 Å². The maximum Gasteiger partial charge on any atom is 0.227 e. The lowest BCUT2D eigenvalue weighted by Crippen LogP contribution is -2.61. The average molecular weight is 366 g/mol. The van der Waals surface area contributed by atoms with Crippen molar-refractivity contribution in [3.05, 3.63) is 0 Å². The van der Waals surface area contributed by atoms with Crippen LogP contribution in [0, 0.1) is 5.92 Å². The molecular weight excluding hydrogens is 330 g/mol. The van der Waals surface area contributed by atoms with Crippen LogP contribution in [0.1, 0.15) is 46.0 Å². The molecule has 3 saturated heterocycles. The van der Waals surface area contributed by atoms with E-state index in [0.29, 0.717) is 24.2 Å². The van der Waals surface area contributed by atoms with Gasteiger partial charge in [0.1, 0.15) is 0 Å². The number of nitrogens with zero attached hydrogens (tertiary/aromatic N) is 2. The molecule has 4 rings (SSSR count). The van der Waals surface area contributed by atoms with E-state index < -0.39 is 0 Å². The number of hydrogen-bond donors (Lipinski definition) is 3. The predicted octanol–water partition coefficient (Wildman–Crippen LogP) is 0.279. The first-order valence-electron chi connectivity index (χ1n) is 10.5. The molecule has 4 fully saturated rings. The molecule has 4 unspecified atom stereocenters. The lowest BCUT2D eigenvalue weighted by atomic mass is 9.89. The molecule has 1 aliphatic carbocycles. The van der Waals surface area contributed by atoms with Crippen molar-refractivity contribution in [1.82, 2.24) is 26.0 Å². The summed E-state index contributed by atoms with van der Waals surface area (Å²) >= 11 is 0. The molecule has 1 amide bonds. The molecule has 0 radical (unpaired) electrons. The Morgan fingerprint density at radius 2 is 1.85 bits per heavy atom. The van der Waals surface area contributed by atoms with Crippen molar-refractivity contribution in [3.63, 3.8) is 0 Å². The standard InChI is InChI=1S/C19H35N5O2/c1-13-11-14(2)24-18(21-13)17(12-20-24)19(25)22-15-3-5-16(6-4-15)23-7-9-26-10-8-23/h13-18,20-21H,3-12H2,1-2H3,(H,22,25). The Hall–Kier alpha value is -0.730. The van der Waals surface area contributed by atoms with Gasteiger partial charge in [-0.15, -0.1) is 0 Å². The minimum absolute atomic E-state index is 0.00262. The lowest BCUT2D eigenvalue weighted by Gasteiger charge is -2.41. The number of fused-ring (bicyclic) bond motifs is 1. The van der Waals surface area contributed by atoms with Crippen LogP contribution in [0.5, 0.6) is 0 Å². The molecule has 148 valence electrons. The summed E-state index contributed by atoms with van der Waals surface area (Å²) in [7, 11) is 0. The van der Waals surface area contributed by atoms with Gasteiger partial charge < -0.3 is 10.1 Å². The van der Waals surface area contributed by atoms with Gasteiger partial charge in [0.25, 0.3) is 0 Å². The zero-order valence-electron chi connectivity index (χ0n) is 16.2. The van der Waals surface area contributed by atoms with Crippen molar-refractivity contribution >= 4 is 5.91 Å². The number of carbonyl (C=O) groups is 1. The highest BCUT2D eigenvalue weighted by molar-refractivity contribution is 5.80. The SMILES string of the molecule is CC1CC(C)N2NCC(C(=O)NC3CCC(N4CCOCC4)CC3)C2N1. The molecule has 0 aromatic heterocycles. The summed E-state index contributed by atoms with van der Waals surface area (Å²) in [6, 6.07) is 1.95. The zero-order valence-corrected chi connectivity index (χ0v) is 16.2. The van der Waals surface area contributed by atoms with Crippen molar-refractivity contribution in [2.45, 2.75) is 76.3 Å². The number of nitrogens with one attached hydrogen (secondary N) is 3. The van der Waals surface area contributed by atoms with Gasteiger partial charge in [-0.3, -0.25) is 20.4 Å². The summed E-state index contributed by atoms with van der Waals surface area (Å²) < 4.78 is 5.47. The molecule has 3 N–H and O–H groups in total. The topological polar surface area (TPSA) is 68.9 Å². The first-order valence-corrected chi connectivity index (χ1v) is 10.5. The summed E-state index contributed by atoms with van der Waals surface area (Å²) in [6.07, 6.45) is 5.82. The first kappa shape index (κ1) is 18.6. The van der Waals surface area contributed by atoms with E-state index in [4.69, 9.17) is 4.74 Å². The highest BCUT2D eigenvalue weighted by Gasteiger charge is 2.44. The van der Waals surface area contributed by atoms with Crippen LogP contribution in [-0.4, -0.2) is 79.0 Å². The van der Waals surface area contributed by atoms with Crippen LogP contribution < -0.4 is 16.1 Å². The molecule has 0 spiro atoms. The molecule has 3 heterocycles. The van der Waals surface area contributed by atoms with E-state index >= 15 is 0 Å². The quantitative estimate of drug-likeness (QED) is 0.668. The number of rotatable bonds is 3. The Bertz CT molecular complexity index is 490. The largest absolute Gasteiger partial charge is 0.379 e. The normalized spacial score (nSPS) is 42.4. The fraction of sp³-hybridized carbons (Fsp3) is 0.947. The van der Waals surface area contributed by atoms with Crippen molar-refractivity contribution in [2.24, 2.45) is 5.92 Å². The molecule has 7 heteroatoms. The van der Waals surface area contributed by atoms with Crippen molar-refractivity contribution in [3.8, 4) is 0 Å². The molecule has 0 aromatic carbocycles. The van der Waals surface area contributed by atoms with E-state index in [2.05, 4.69) is 39.8 Å². The van der Waals surface area contributed by atoms with Crippen LogP contribution in [0.3, 0.4) is 0 Å². The maximum atomic E-state index is 12.9. The molecule has 4 atom stereocenters. The molecule has 0 bridgehead atoms. The van der Waals surface area contributed by atoms with Gasteiger partial charge in [0, 0.05) is 43.8 Å². The van der Waals surface area contributed by atoms with Gasteiger partial charge in [0.05, 0.1) is 25.3 Å². The number of hydrogen-bond acceptors (Lipinski definition) is 6. The fourth-order valence-electron chi connectivity index (χ4n) is 5.29. The second-order valence-corrected chi connectivity index (χ2v) is 8.64. The number of hydrazine groups is 1. The summed E-state index contributed by atoms with van der Waals surface area (Å²) in [5.41, 5.74) is 3.44. The van der Waals surface area contributed by atoms with Gasteiger partial charge in [-0.1, -0.05) is 0 Å². The summed E-state index contributed by atoms with van der Waals surface area (Å²) in [5, 5.41) is 9.22. The monoisotopic (exact) mass is 365 g/mol. The molecule has 0 aromatic rings. The third-order valence-corrected chi connectivity index (χ3v) is 6.74. The van der Waals surface area contributed by atoms with Gasteiger partial charge in [-0.05, 0) is 46.0 Å². The van der Waals surface area contributed by atoms with Crippen LogP contribution in [0.15, 0.2) is 0 Å². The molecule has 26 heavy (non-hydrogen) atoms. The fourth-order valence-corrected chi connectivity index (χ4v) is 5.29. The van der Waals surface area contributed by atoms with E-state index in [9.17, 15) is 4.79 Å². The Balaban J connectivity index is 1.26. The van der Waals surface area contributed by atoms with Crippen LogP contribution in [0.2, 0.25) is 0 Å². The molecule has 3 aliphatic heterocycles. The first-order chi connectivity index (χ1) is 12.6. The minimum Gasteiger partial charge on any atom is -0.379 e. The van der Waals surface area contributed by atoms with Gasteiger partial charge in [-0.2, -0.15) is 0 Å². The summed E-state index contributed by atoms with van der Waals surface area (Å²) in [6.45, 7) is 9.06. The Labute approximate surface area is 157 Å². The zero-order chi connectivity index (χ0) is 18.1. The van der Waals surface area contributed by atoms with Crippen molar-refractivity contribution in [1.29, 1.82) is 0 Å². The highest BCUT2D eigenvalue weighted by atomic mass is 16.5. The lowest BCUT2D eigenvalue weighted by molar-refractivity contribution is -0.127. The Morgan fingerprint density at radius 1 is 1.12 bits per heavy atom. The van der Waals surface area contributed by atoms with Crippen molar-refractivity contribution < 1.29 is 9.53 Å². The van der Waals surface area contributed by atoms with E-state index in [-0.39, 0.29) is 18.0 Å². The van der Waals surface area contributed by atoms with Gasteiger partial charge in [0.2, 0.25) is 5.91 Å². The summed E-state index contributed by atoms with van der Waals surface area (Å²) in [4.78, 5) is 15.5. The second kappa shape index (κ2) is 8.10. The number of ether oxygens (including phenoxy) is 1. The Kier molecular flexibility index (Phi) is 5.81. The van der Waals surface area contributed by atoms with Crippen LogP contribution in [0.25, 0.3) is 0 Å². The van der Waals surface area contributed by atoms with E-state index in [0.717, 1.165) is 52.1 Å². The second-order valence-electron chi connectivity index (χ2n) is 8.64. The number of amides is 1. The third kappa shape index (κ3) is 3.92. The highest BCUT2D eigenvalue weighted by Crippen LogP contribution is 2.27. The Morgan fingerprint density at radius 3 is 2.58 bits per heavy atom. The van der Waals surface area contributed by atoms with Gasteiger partial charge >= 0.3 is 0 Å². The molecule has 4 aliphatic rings. The van der Waals surface area contributed by atoms with E-state index in [1.165, 1.54) is 12.8 Å². The average Bonchev–Trinajstić information content (AvgIpc) is 3.07.